The minimum Gasteiger partial charge on any atom is -0.547 e. The van der Waals surface area contributed by atoms with E-state index in [1.165, 1.54) is 0 Å². The maximum absolute atomic E-state index is 11.3. The lowest BCUT2D eigenvalue weighted by Crippen LogP contribution is -2.69. The van der Waals surface area contributed by atoms with Crippen LogP contribution in [0, 0.1) is 0 Å². The Hall–Kier alpha value is -2.40. The molecule has 9 nitrogen and oxygen atoms in total. The van der Waals surface area contributed by atoms with Crippen LogP contribution in [0.2, 0.25) is 0 Å². The van der Waals surface area contributed by atoms with E-state index >= 15 is 0 Å². The largest absolute Gasteiger partial charge is 0.547 e. The van der Waals surface area contributed by atoms with Gasteiger partial charge < -0.3 is 34.7 Å². The molecule has 1 fully saturated rings. The third-order valence-electron chi connectivity index (χ3n) is 6.05. The van der Waals surface area contributed by atoms with Gasteiger partial charge in [0.2, 0.25) is 6.23 Å². The number of aliphatic hydroxyl groups excluding tert-OH is 3. The number of carboxylic acid groups (broad SMARTS) is 1. The average molecular weight is 447 g/mol. The van der Waals surface area contributed by atoms with E-state index in [0.717, 1.165) is 11.3 Å². The zero-order chi connectivity index (χ0) is 23.5. The Balaban J connectivity index is 1.77. The quantitative estimate of drug-likeness (QED) is 0.440. The molecule has 0 radical (unpaired) electrons. The third kappa shape index (κ3) is 4.83. The Kier molecular flexibility index (Phi) is 7.29. The first-order valence-corrected chi connectivity index (χ1v) is 10.4. The molecule has 9 heteroatoms. The van der Waals surface area contributed by atoms with Crippen molar-refractivity contribution in [3.05, 3.63) is 66.0 Å². The first kappa shape index (κ1) is 24.2. The van der Waals surface area contributed by atoms with E-state index < -0.39 is 42.2 Å². The Morgan fingerprint density at radius 2 is 1.75 bits per heavy atom. The van der Waals surface area contributed by atoms with Crippen LogP contribution in [0.15, 0.2) is 54.7 Å². The van der Waals surface area contributed by atoms with Crippen molar-refractivity contribution in [2.75, 3.05) is 27.2 Å². The SMILES string of the molecule is CC(OCC[N+](C)(C)[C@@H]1OC(C(=O)[O-])[C@@H](O)C(O)C1O)(c1ccccc1)c1ccccn1. The topological polar surface area (TPSA) is 132 Å². The van der Waals surface area contributed by atoms with Gasteiger partial charge in [-0.05, 0) is 24.6 Å². The lowest BCUT2D eigenvalue weighted by Gasteiger charge is -2.47. The molecule has 0 spiro atoms. The number of benzene rings is 1. The van der Waals surface area contributed by atoms with E-state index in [4.69, 9.17) is 9.47 Å². The number of carbonyl (C=O) groups is 1. The fraction of sp³-hybridized carbons (Fsp3) is 0.478. The van der Waals surface area contributed by atoms with Crippen LogP contribution in [0.25, 0.3) is 0 Å². The van der Waals surface area contributed by atoms with Gasteiger partial charge >= 0.3 is 0 Å². The van der Waals surface area contributed by atoms with Gasteiger partial charge in [-0.2, -0.15) is 0 Å². The standard InChI is InChI=1S/C23H30N2O7/c1-23(15-9-5-4-6-10-15,16-11-7-8-12-24-16)31-14-13-25(2,3)21-19(28)17(26)18(27)20(32-21)22(29)30/h4-12,17-21,26-28H,13-14H2,1-3H3/t17?,18-,19?,20?,21+,23?/m0/s1. The summed E-state index contributed by atoms with van der Waals surface area (Å²) in [7, 11) is 3.43. The lowest BCUT2D eigenvalue weighted by molar-refractivity contribution is -0.945. The predicted molar refractivity (Wildman–Crippen MR) is 112 cm³/mol. The molecule has 1 saturated heterocycles. The Labute approximate surface area is 187 Å². The van der Waals surface area contributed by atoms with Gasteiger partial charge in [0.25, 0.3) is 0 Å². The molecule has 1 aromatic carbocycles. The highest BCUT2D eigenvalue weighted by molar-refractivity contribution is 5.71. The number of rotatable bonds is 8. The van der Waals surface area contributed by atoms with Gasteiger partial charge in [-0.15, -0.1) is 0 Å². The van der Waals surface area contributed by atoms with Crippen LogP contribution in [-0.4, -0.2) is 88.6 Å². The summed E-state index contributed by atoms with van der Waals surface area (Å²) >= 11 is 0. The monoisotopic (exact) mass is 446 g/mol. The minimum absolute atomic E-state index is 0.0260. The summed E-state index contributed by atoms with van der Waals surface area (Å²) in [6.07, 6.45) is -6.13. The van der Waals surface area contributed by atoms with E-state index in [-0.39, 0.29) is 11.1 Å². The second kappa shape index (κ2) is 9.62. The molecular weight excluding hydrogens is 416 g/mol. The maximum atomic E-state index is 11.3. The van der Waals surface area contributed by atoms with Crippen molar-refractivity contribution in [1.29, 1.82) is 0 Å². The number of aliphatic hydroxyl groups is 3. The highest BCUT2D eigenvalue weighted by Gasteiger charge is 2.51. The smallest absolute Gasteiger partial charge is 0.222 e. The minimum atomic E-state index is -1.78. The number of aliphatic carboxylic acids is 1. The number of quaternary nitrogens is 1. The van der Waals surface area contributed by atoms with E-state index in [1.807, 2.05) is 55.5 Å². The Morgan fingerprint density at radius 1 is 1.09 bits per heavy atom. The van der Waals surface area contributed by atoms with Crippen LogP contribution >= 0.6 is 0 Å². The number of carbonyl (C=O) groups excluding carboxylic acids is 1. The third-order valence-corrected chi connectivity index (χ3v) is 6.05. The van der Waals surface area contributed by atoms with Crippen LogP contribution in [0.3, 0.4) is 0 Å². The maximum Gasteiger partial charge on any atom is 0.222 e. The van der Waals surface area contributed by atoms with Gasteiger partial charge in [0, 0.05) is 6.20 Å². The Bertz CT molecular complexity index is 854. The molecule has 0 saturated carbocycles. The highest BCUT2D eigenvalue weighted by atomic mass is 16.6. The molecule has 1 aliphatic heterocycles. The first-order valence-electron chi connectivity index (χ1n) is 10.4. The van der Waals surface area contributed by atoms with Crippen LogP contribution in [0.1, 0.15) is 18.2 Å². The second-order valence-electron chi connectivity index (χ2n) is 8.70. The molecule has 174 valence electrons. The van der Waals surface area contributed by atoms with Gasteiger partial charge in [0.15, 0.2) is 6.10 Å². The lowest BCUT2D eigenvalue weighted by atomic mass is 9.91. The summed E-state index contributed by atoms with van der Waals surface area (Å²) < 4.78 is 11.7. The molecule has 4 unspecified atom stereocenters. The molecule has 0 amide bonds. The average Bonchev–Trinajstić information content (AvgIpc) is 2.78. The van der Waals surface area contributed by atoms with Gasteiger partial charge in [-0.1, -0.05) is 36.4 Å². The van der Waals surface area contributed by atoms with Crippen molar-refractivity contribution in [1.82, 2.24) is 4.98 Å². The second-order valence-corrected chi connectivity index (χ2v) is 8.70. The van der Waals surface area contributed by atoms with Crippen LogP contribution in [-0.2, 0) is 19.9 Å². The molecule has 1 aliphatic rings. The number of hydrogen-bond donors (Lipinski definition) is 3. The van der Waals surface area contributed by atoms with E-state index in [0.29, 0.717) is 6.54 Å². The van der Waals surface area contributed by atoms with Gasteiger partial charge in [-0.3, -0.25) is 9.47 Å². The molecule has 3 rings (SSSR count). The van der Waals surface area contributed by atoms with Crippen molar-refractivity contribution in [2.45, 2.75) is 43.2 Å². The molecule has 0 bridgehead atoms. The van der Waals surface area contributed by atoms with E-state index in [9.17, 15) is 25.2 Å². The van der Waals surface area contributed by atoms with Gasteiger partial charge in [0.1, 0.15) is 30.5 Å². The normalized spacial score (nSPS) is 28.1. The van der Waals surface area contributed by atoms with Crippen molar-refractivity contribution >= 4 is 5.97 Å². The van der Waals surface area contributed by atoms with Crippen molar-refractivity contribution < 1.29 is 39.2 Å². The zero-order valence-corrected chi connectivity index (χ0v) is 18.4. The van der Waals surface area contributed by atoms with Crippen molar-refractivity contribution in [3.8, 4) is 0 Å². The van der Waals surface area contributed by atoms with Crippen LogP contribution in [0.5, 0.6) is 0 Å². The van der Waals surface area contributed by atoms with Crippen LogP contribution in [0.4, 0.5) is 0 Å². The molecule has 1 aromatic heterocycles. The van der Waals surface area contributed by atoms with Crippen molar-refractivity contribution in [2.24, 2.45) is 0 Å². The summed E-state index contributed by atoms with van der Waals surface area (Å²) in [6, 6.07) is 15.2. The predicted octanol–water partition coefficient (Wildman–Crippen LogP) is -1.00. The molecule has 0 aliphatic carbocycles. The summed E-state index contributed by atoms with van der Waals surface area (Å²) in [5.41, 5.74) is 0.784. The number of nitrogens with zero attached hydrogens (tertiary/aromatic N) is 2. The number of pyridine rings is 1. The summed E-state index contributed by atoms with van der Waals surface area (Å²) in [4.78, 5) is 15.8. The van der Waals surface area contributed by atoms with E-state index in [2.05, 4.69) is 4.98 Å². The fourth-order valence-corrected chi connectivity index (χ4v) is 3.95. The van der Waals surface area contributed by atoms with E-state index in [1.54, 1.807) is 20.3 Å². The van der Waals surface area contributed by atoms with Crippen molar-refractivity contribution in [3.63, 3.8) is 0 Å². The molecule has 6 atom stereocenters. The Morgan fingerprint density at radius 3 is 2.34 bits per heavy atom. The summed E-state index contributed by atoms with van der Waals surface area (Å²) in [6.45, 7) is 2.43. The number of hydrogen-bond acceptors (Lipinski definition) is 8. The molecule has 2 heterocycles. The number of ether oxygens (including phenoxy) is 2. The number of likely N-dealkylation sites (N-methyl/N-ethyl adjacent to an activating group) is 1. The first-order chi connectivity index (χ1) is 15.1. The molecule has 2 aromatic rings. The number of aromatic nitrogens is 1. The molecule has 3 N–H and O–H groups in total. The number of carboxylic acids is 1. The summed E-state index contributed by atoms with van der Waals surface area (Å²) in [5.74, 6) is -1.66. The fourth-order valence-electron chi connectivity index (χ4n) is 3.95. The molecule has 32 heavy (non-hydrogen) atoms. The van der Waals surface area contributed by atoms with Crippen LogP contribution < -0.4 is 5.11 Å². The van der Waals surface area contributed by atoms with Gasteiger partial charge in [-0.25, -0.2) is 0 Å². The van der Waals surface area contributed by atoms with Gasteiger partial charge in [0.05, 0.1) is 32.4 Å². The highest BCUT2D eigenvalue weighted by Crippen LogP contribution is 2.32. The zero-order valence-electron chi connectivity index (χ0n) is 18.4. The molecular formula is C23H30N2O7. The summed E-state index contributed by atoms with van der Waals surface area (Å²) in [5, 5.41) is 41.8.